The minimum Gasteiger partial charge on any atom is -0.263 e. The molecule has 0 atom stereocenters. The van der Waals surface area contributed by atoms with Crippen LogP contribution in [0.5, 0.6) is 0 Å². The molecule has 1 saturated carbocycles. The number of nitrogens with zero attached hydrogens (tertiary/aromatic N) is 2. The smallest absolute Gasteiger partial charge is 0.263 e. The number of benzene rings is 1. The topological polar surface area (TPSA) is 57.7 Å². The van der Waals surface area contributed by atoms with Gasteiger partial charge in [-0.1, -0.05) is 51.0 Å². The first-order valence-electron chi connectivity index (χ1n) is 8.27. The molecule has 0 spiro atoms. The number of hydrogen-bond acceptors (Lipinski definition) is 3. The molecule has 0 aromatic heterocycles. The van der Waals surface area contributed by atoms with Gasteiger partial charge in [-0.05, 0) is 29.9 Å². The van der Waals surface area contributed by atoms with Gasteiger partial charge in [0.05, 0.1) is 6.54 Å². The summed E-state index contributed by atoms with van der Waals surface area (Å²) in [5.74, 6) is -0.936. The predicted molar refractivity (Wildman–Crippen MR) is 85.6 cm³/mol. The van der Waals surface area contributed by atoms with Gasteiger partial charge in [0.25, 0.3) is 0 Å². The molecule has 1 heterocycles. The second-order valence-corrected chi connectivity index (χ2v) is 6.68. The van der Waals surface area contributed by atoms with Crippen LogP contribution in [-0.4, -0.2) is 33.7 Å². The molecule has 0 bridgehead atoms. The Hall–Kier alpha value is -2.17. The lowest BCUT2D eigenvalue weighted by Gasteiger charge is -2.21. The van der Waals surface area contributed by atoms with Crippen molar-refractivity contribution < 1.29 is 14.4 Å². The summed E-state index contributed by atoms with van der Waals surface area (Å²) in [7, 11) is 0. The van der Waals surface area contributed by atoms with Crippen LogP contribution in [-0.2, 0) is 16.1 Å². The zero-order chi connectivity index (χ0) is 16.6. The van der Waals surface area contributed by atoms with Crippen molar-refractivity contribution in [1.29, 1.82) is 0 Å². The van der Waals surface area contributed by atoms with Crippen molar-refractivity contribution in [3.63, 3.8) is 0 Å². The Bertz CT molecular complexity index is 630. The number of amides is 4. The van der Waals surface area contributed by atoms with Gasteiger partial charge in [-0.15, -0.1) is 0 Å². The lowest BCUT2D eigenvalue weighted by atomic mass is 10.0. The maximum absolute atomic E-state index is 12.5. The summed E-state index contributed by atoms with van der Waals surface area (Å²) in [5.41, 5.74) is 2.06. The summed E-state index contributed by atoms with van der Waals surface area (Å²) in [6, 6.07) is 7.27. The zero-order valence-electron chi connectivity index (χ0n) is 13.6. The lowest BCUT2D eigenvalue weighted by molar-refractivity contribution is -0.144. The quantitative estimate of drug-likeness (QED) is 0.634. The molecule has 0 unspecified atom stereocenters. The number of imide groups is 2. The highest BCUT2D eigenvalue weighted by Gasteiger charge is 2.47. The van der Waals surface area contributed by atoms with E-state index in [2.05, 4.69) is 13.8 Å². The van der Waals surface area contributed by atoms with Crippen LogP contribution in [0.1, 0.15) is 56.6 Å². The van der Waals surface area contributed by atoms with Gasteiger partial charge < -0.3 is 0 Å². The van der Waals surface area contributed by atoms with Gasteiger partial charge in [0, 0.05) is 6.04 Å². The molecule has 23 heavy (non-hydrogen) atoms. The predicted octanol–water partition coefficient (Wildman–Crippen LogP) is 3.04. The van der Waals surface area contributed by atoms with E-state index in [0.717, 1.165) is 36.1 Å². The molecule has 0 N–H and O–H groups in total. The van der Waals surface area contributed by atoms with E-state index in [1.807, 2.05) is 24.3 Å². The minimum atomic E-state index is -0.699. The monoisotopic (exact) mass is 314 g/mol. The van der Waals surface area contributed by atoms with E-state index >= 15 is 0 Å². The Labute approximate surface area is 136 Å². The summed E-state index contributed by atoms with van der Waals surface area (Å²) >= 11 is 0. The fraction of sp³-hybridized carbons (Fsp3) is 0.500. The Balaban J connectivity index is 1.75. The van der Waals surface area contributed by atoms with Crippen molar-refractivity contribution in [2.45, 2.75) is 58.0 Å². The van der Waals surface area contributed by atoms with Crippen molar-refractivity contribution in [2.75, 3.05) is 0 Å². The molecule has 4 amide bonds. The summed E-state index contributed by atoms with van der Waals surface area (Å²) in [6.07, 6.45) is 3.63. The minimum absolute atomic E-state index is 0.104. The van der Waals surface area contributed by atoms with Crippen molar-refractivity contribution in [2.24, 2.45) is 0 Å². The molecule has 3 rings (SSSR count). The third-order valence-electron chi connectivity index (χ3n) is 4.76. The van der Waals surface area contributed by atoms with Crippen LogP contribution < -0.4 is 0 Å². The van der Waals surface area contributed by atoms with Gasteiger partial charge in [-0.3, -0.25) is 19.4 Å². The second kappa shape index (κ2) is 6.14. The van der Waals surface area contributed by atoms with Crippen LogP contribution in [0.25, 0.3) is 0 Å². The molecule has 1 aromatic rings. The largest absolute Gasteiger partial charge is 0.334 e. The van der Waals surface area contributed by atoms with Crippen molar-refractivity contribution in [3.8, 4) is 0 Å². The highest BCUT2D eigenvalue weighted by atomic mass is 16.2. The fourth-order valence-electron chi connectivity index (χ4n) is 3.34. The zero-order valence-corrected chi connectivity index (χ0v) is 13.6. The first-order valence-corrected chi connectivity index (χ1v) is 8.27. The van der Waals surface area contributed by atoms with Gasteiger partial charge in [0.1, 0.15) is 0 Å². The highest BCUT2D eigenvalue weighted by Crippen LogP contribution is 2.28. The molecule has 1 aliphatic carbocycles. The van der Waals surface area contributed by atoms with Gasteiger partial charge in [-0.2, -0.15) is 0 Å². The molecule has 2 aliphatic rings. The van der Waals surface area contributed by atoms with E-state index in [9.17, 15) is 14.4 Å². The van der Waals surface area contributed by atoms with E-state index in [1.165, 1.54) is 10.5 Å². The third kappa shape index (κ3) is 2.87. The van der Waals surface area contributed by atoms with Crippen LogP contribution in [0.3, 0.4) is 0 Å². The van der Waals surface area contributed by atoms with E-state index in [-0.39, 0.29) is 12.6 Å². The van der Waals surface area contributed by atoms with Gasteiger partial charge >= 0.3 is 17.8 Å². The summed E-state index contributed by atoms with van der Waals surface area (Å²) in [5, 5.41) is 0. The summed E-state index contributed by atoms with van der Waals surface area (Å²) < 4.78 is 0. The van der Waals surface area contributed by atoms with Crippen molar-refractivity contribution in [3.05, 3.63) is 35.4 Å². The average molecular weight is 314 g/mol. The van der Waals surface area contributed by atoms with Crippen molar-refractivity contribution >= 4 is 17.8 Å². The van der Waals surface area contributed by atoms with Gasteiger partial charge in [0.2, 0.25) is 0 Å². The number of carbonyl (C=O) groups excluding carboxylic acids is 3. The number of urea groups is 1. The van der Waals surface area contributed by atoms with Crippen LogP contribution in [0, 0.1) is 0 Å². The average Bonchev–Trinajstić information content (AvgIpc) is 3.12. The molecule has 1 saturated heterocycles. The standard InChI is InChI=1S/C18H22N2O3/c1-12(2)14-9-7-13(8-10-14)11-19-16(21)17(22)20(18(19)23)15-5-3-4-6-15/h7-10,12,15H,3-6,11H2,1-2H3. The molecule has 2 fully saturated rings. The van der Waals surface area contributed by atoms with E-state index in [1.54, 1.807) is 0 Å². The van der Waals surface area contributed by atoms with Crippen LogP contribution in [0.15, 0.2) is 24.3 Å². The van der Waals surface area contributed by atoms with Crippen LogP contribution in [0.2, 0.25) is 0 Å². The maximum atomic E-state index is 12.5. The Morgan fingerprint density at radius 3 is 2.17 bits per heavy atom. The number of hydrogen-bond donors (Lipinski definition) is 0. The molecular weight excluding hydrogens is 292 g/mol. The first-order chi connectivity index (χ1) is 11.0. The number of carbonyl (C=O) groups is 3. The number of rotatable bonds is 4. The molecule has 0 radical (unpaired) electrons. The van der Waals surface area contributed by atoms with Crippen LogP contribution in [0.4, 0.5) is 4.79 Å². The van der Waals surface area contributed by atoms with E-state index < -0.39 is 17.8 Å². The Morgan fingerprint density at radius 1 is 1.00 bits per heavy atom. The molecule has 122 valence electrons. The lowest BCUT2D eigenvalue weighted by Crippen LogP contribution is -2.39. The summed E-state index contributed by atoms with van der Waals surface area (Å²) in [4.78, 5) is 39.1. The molecule has 1 aliphatic heterocycles. The van der Waals surface area contributed by atoms with Gasteiger partial charge in [0.15, 0.2) is 0 Å². The summed E-state index contributed by atoms with van der Waals surface area (Å²) in [6.45, 7) is 4.38. The molecular formula is C18H22N2O3. The van der Waals surface area contributed by atoms with Gasteiger partial charge in [-0.25, -0.2) is 4.79 Å². The molecule has 1 aromatic carbocycles. The third-order valence-corrected chi connectivity index (χ3v) is 4.76. The maximum Gasteiger partial charge on any atom is 0.334 e. The second-order valence-electron chi connectivity index (χ2n) is 6.68. The first kappa shape index (κ1) is 15.7. The fourth-order valence-corrected chi connectivity index (χ4v) is 3.34. The van der Waals surface area contributed by atoms with Crippen molar-refractivity contribution in [1.82, 2.24) is 9.80 Å². The van der Waals surface area contributed by atoms with E-state index in [0.29, 0.717) is 5.92 Å². The normalized spacial score (nSPS) is 19.5. The highest BCUT2D eigenvalue weighted by molar-refractivity contribution is 6.44. The molecule has 5 nitrogen and oxygen atoms in total. The Kier molecular flexibility index (Phi) is 4.20. The van der Waals surface area contributed by atoms with E-state index in [4.69, 9.17) is 0 Å². The SMILES string of the molecule is CC(C)c1ccc(CN2C(=O)C(=O)N(C3CCCC3)C2=O)cc1. The Morgan fingerprint density at radius 2 is 1.61 bits per heavy atom. The van der Waals surface area contributed by atoms with Crippen LogP contribution >= 0.6 is 0 Å². The molecule has 5 heteroatoms.